The molecule has 5 nitrogen and oxygen atoms in total. The maximum Gasteiger partial charge on any atom is 0.250 e. The van der Waals surface area contributed by atoms with Gasteiger partial charge in [-0.1, -0.05) is 53.7 Å². The topological polar surface area (TPSA) is 46.2 Å². The number of rotatable bonds is 7. The normalized spacial score (nSPS) is 13.1. The van der Waals surface area contributed by atoms with Gasteiger partial charge in [0.25, 0.3) is 16.6 Å². The second-order valence-electron chi connectivity index (χ2n) is 12.6. The monoisotopic (exact) mass is 528 g/mol. The van der Waals surface area contributed by atoms with Crippen LogP contribution in [0.5, 0.6) is 28.7 Å². The zero-order chi connectivity index (χ0) is 27.3. The molecule has 0 spiro atoms. The molecule has 0 unspecified atom stereocenters. The molecule has 0 radical (unpaired) electrons. The van der Waals surface area contributed by atoms with E-state index in [1.807, 2.05) is 0 Å². The molecule has 3 aromatic carbocycles. The Bertz CT molecular complexity index is 1270. The first-order valence-corrected chi connectivity index (χ1v) is 18.4. The molecule has 36 heavy (non-hydrogen) atoms. The van der Waals surface area contributed by atoms with Gasteiger partial charge in [0.05, 0.1) is 21.3 Å². The van der Waals surface area contributed by atoms with Crippen molar-refractivity contribution in [2.75, 3.05) is 21.3 Å². The van der Waals surface area contributed by atoms with Gasteiger partial charge in [-0.3, -0.25) is 0 Å². The van der Waals surface area contributed by atoms with Gasteiger partial charge in [0.1, 0.15) is 5.75 Å². The smallest absolute Gasteiger partial charge is 0.250 e. The summed E-state index contributed by atoms with van der Waals surface area (Å²) in [5.41, 5.74) is 0. The SMILES string of the molecule is COc1cc2c(ccc3cc(O[Si](C)(C)C(C)(C)C)c(OC)c(OC)c32)cc1O[Si](C)(C)C(C)(C)C. The molecule has 0 fully saturated rings. The molecule has 0 aliphatic carbocycles. The molecule has 0 atom stereocenters. The van der Waals surface area contributed by atoms with Crippen LogP contribution in [0.25, 0.3) is 21.5 Å². The molecule has 0 bridgehead atoms. The van der Waals surface area contributed by atoms with E-state index in [-0.39, 0.29) is 10.1 Å². The van der Waals surface area contributed by atoms with Crippen LogP contribution in [0, 0.1) is 0 Å². The first-order valence-electron chi connectivity index (χ1n) is 12.5. The molecular weight excluding hydrogens is 484 g/mol. The summed E-state index contributed by atoms with van der Waals surface area (Å²) >= 11 is 0. The van der Waals surface area contributed by atoms with Gasteiger partial charge in [-0.2, -0.15) is 0 Å². The van der Waals surface area contributed by atoms with Crippen LogP contribution in [-0.4, -0.2) is 38.0 Å². The minimum Gasteiger partial charge on any atom is -0.541 e. The number of methoxy groups -OCH3 is 3. The van der Waals surface area contributed by atoms with Crippen molar-refractivity contribution in [3.8, 4) is 28.7 Å². The van der Waals surface area contributed by atoms with E-state index in [0.29, 0.717) is 17.2 Å². The summed E-state index contributed by atoms with van der Waals surface area (Å²) in [6.45, 7) is 22.4. The fourth-order valence-corrected chi connectivity index (χ4v) is 5.74. The van der Waals surface area contributed by atoms with Gasteiger partial charge in [0.15, 0.2) is 17.2 Å². The van der Waals surface area contributed by atoms with Gasteiger partial charge < -0.3 is 23.1 Å². The van der Waals surface area contributed by atoms with Crippen LogP contribution < -0.4 is 23.1 Å². The van der Waals surface area contributed by atoms with Crippen molar-refractivity contribution in [2.45, 2.75) is 77.8 Å². The lowest BCUT2D eigenvalue weighted by Crippen LogP contribution is -2.44. The fraction of sp³-hybridized carbons (Fsp3) is 0.517. The summed E-state index contributed by atoms with van der Waals surface area (Å²) in [5.74, 6) is 3.48. The van der Waals surface area contributed by atoms with Crippen molar-refractivity contribution in [1.82, 2.24) is 0 Å². The third-order valence-corrected chi connectivity index (χ3v) is 16.7. The van der Waals surface area contributed by atoms with Crippen LogP contribution in [0.4, 0.5) is 0 Å². The summed E-state index contributed by atoms with van der Waals surface area (Å²) < 4.78 is 31.0. The molecule has 0 aromatic heterocycles. The summed E-state index contributed by atoms with van der Waals surface area (Å²) in [4.78, 5) is 0. The van der Waals surface area contributed by atoms with Crippen molar-refractivity contribution < 1.29 is 23.1 Å². The summed E-state index contributed by atoms with van der Waals surface area (Å²) in [6.07, 6.45) is 0. The lowest BCUT2D eigenvalue weighted by Gasteiger charge is -2.37. The predicted octanol–water partition coefficient (Wildman–Crippen LogP) is 8.79. The van der Waals surface area contributed by atoms with Gasteiger partial charge in [-0.15, -0.1) is 0 Å². The number of fused-ring (bicyclic) bond motifs is 3. The summed E-state index contributed by atoms with van der Waals surface area (Å²) in [7, 11) is 0.884. The molecule has 0 saturated heterocycles. The largest absolute Gasteiger partial charge is 0.541 e. The molecule has 3 aromatic rings. The highest BCUT2D eigenvalue weighted by atomic mass is 28.4. The highest BCUT2D eigenvalue weighted by Gasteiger charge is 2.41. The zero-order valence-corrected chi connectivity index (χ0v) is 26.4. The first-order chi connectivity index (χ1) is 16.5. The Labute approximate surface area is 219 Å². The average Bonchev–Trinajstić information content (AvgIpc) is 2.75. The van der Waals surface area contributed by atoms with E-state index < -0.39 is 16.6 Å². The van der Waals surface area contributed by atoms with E-state index >= 15 is 0 Å². The Morgan fingerprint density at radius 1 is 0.556 bits per heavy atom. The third-order valence-electron chi connectivity index (χ3n) is 8.03. The van der Waals surface area contributed by atoms with Gasteiger partial charge in [-0.25, -0.2) is 0 Å². The van der Waals surface area contributed by atoms with Crippen LogP contribution in [0.15, 0.2) is 30.3 Å². The van der Waals surface area contributed by atoms with E-state index in [1.165, 1.54) is 0 Å². The molecule has 0 heterocycles. The van der Waals surface area contributed by atoms with E-state index in [2.05, 4.69) is 98.1 Å². The Balaban J connectivity index is 2.29. The number of benzene rings is 3. The van der Waals surface area contributed by atoms with Gasteiger partial charge >= 0.3 is 0 Å². The van der Waals surface area contributed by atoms with Crippen LogP contribution >= 0.6 is 0 Å². The summed E-state index contributed by atoms with van der Waals surface area (Å²) in [5, 5.41) is 4.18. The van der Waals surface area contributed by atoms with Crippen LogP contribution in [0.1, 0.15) is 41.5 Å². The van der Waals surface area contributed by atoms with Crippen LogP contribution in [-0.2, 0) is 0 Å². The Morgan fingerprint density at radius 3 is 1.50 bits per heavy atom. The number of hydrogen-bond acceptors (Lipinski definition) is 5. The van der Waals surface area contributed by atoms with E-state index in [4.69, 9.17) is 23.1 Å². The maximum absolute atomic E-state index is 6.70. The van der Waals surface area contributed by atoms with E-state index in [1.54, 1.807) is 21.3 Å². The Morgan fingerprint density at radius 2 is 1.03 bits per heavy atom. The highest BCUT2D eigenvalue weighted by molar-refractivity contribution is 6.75. The Kier molecular flexibility index (Phi) is 7.43. The molecule has 198 valence electrons. The van der Waals surface area contributed by atoms with Gasteiger partial charge in [0, 0.05) is 5.39 Å². The van der Waals surface area contributed by atoms with Crippen molar-refractivity contribution in [2.24, 2.45) is 0 Å². The first kappa shape index (κ1) is 28.2. The molecule has 7 heteroatoms. The maximum atomic E-state index is 6.70. The zero-order valence-electron chi connectivity index (χ0n) is 24.4. The van der Waals surface area contributed by atoms with E-state index in [9.17, 15) is 0 Å². The van der Waals surface area contributed by atoms with Crippen molar-refractivity contribution in [3.05, 3.63) is 30.3 Å². The van der Waals surface area contributed by atoms with Crippen molar-refractivity contribution in [3.63, 3.8) is 0 Å². The molecule has 0 saturated carbocycles. The van der Waals surface area contributed by atoms with Crippen molar-refractivity contribution >= 4 is 38.2 Å². The number of ether oxygens (including phenoxy) is 3. The second-order valence-corrected chi connectivity index (χ2v) is 22.0. The minimum atomic E-state index is -2.10. The highest BCUT2D eigenvalue weighted by Crippen LogP contribution is 2.50. The average molecular weight is 529 g/mol. The molecule has 0 aliphatic rings. The second kappa shape index (κ2) is 9.49. The predicted molar refractivity (Wildman–Crippen MR) is 157 cm³/mol. The van der Waals surface area contributed by atoms with Gasteiger partial charge in [0.2, 0.25) is 5.75 Å². The standard InChI is InChI=1S/C29H44O5Si2/c1-28(2,3)35(10,11)33-23-16-19-14-15-20-17-24(34-36(12,13)29(4,5)6)26(31-8)27(32-9)25(20)21(19)18-22(23)30-7/h14-18H,1-13H3. The van der Waals surface area contributed by atoms with E-state index in [0.717, 1.165) is 33.0 Å². The lowest BCUT2D eigenvalue weighted by atomic mass is 9.99. The van der Waals surface area contributed by atoms with Gasteiger partial charge in [-0.05, 0) is 70.6 Å². The quantitative estimate of drug-likeness (QED) is 0.226. The van der Waals surface area contributed by atoms with Crippen LogP contribution in [0.3, 0.4) is 0 Å². The molecular formula is C29H44O5Si2. The third kappa shape index (κ3) is 5.05. The lowest BCUT2D eigenvalue weighted by molar-refractivity contribution is 0.343. The minimum absolute atomic E-state index is 0.0531. The fourth-order valence-electron chi connectivity index (χ4n) is 3.71. The number of hydrogen-bond donors (Lipinski definition) is 0. The molecule has 3 rings (SSSR count). The molecule has 0 aliphatic heterocycles. The summed E-state index contributed by atoms with van der Waals surface area (Å²) in [6, 6.07) is 10.4. The van der Waals surface area contributed by atoms with Crippen LogP contribution in [0.2, 0.25) is 36.3 Å². The Hall–Kier alpha value is -2.39. The molecule has 0 N–H and O–H groups in total. The molecule has 0 amide bonds. The van der Waals surface area contributed by atoms with Crippen molar-refractivity contribution in [1.29, 1.82) is 0 Å².